The van der Waals surface area contributed by atoms with Crippen LogP contribution in [-0.2, 0) is 16.9 Å². The van der Waals surface area contributed by atoms with Crippen LogP contribution in [0.1, 0.15) is 38.0 Å². The van der Waals surface area contributed by atoms with Crippen LogP contribution in [0.5, 0.6) is 0 Å². The molecule has 0 atom stereocenters. The maximum atomic E-state index is 7.08. The molecule has 0 N–H and O–H groups in total. The largest absolute Gasteiger partial charge is 0.400 e. The molecule has 0 saturated carbocycles. The molecular formula is C25H27BrClN3OSSi. The molecule has 0 aliphatic carbocycles. The highest BCUT2D eigenvalue weighted by atomic mass is 79.9. The molecule has 0 spiro atoms. The lowest BCUT2D eigenvalue weighted by Gasteiger charge is -2.42. The number of benzene rings is 2. The zero-order valence-corrected chi connectivity index (χ0v) is 23.3. The quantitative estimate of drug-likeness (QED) is 0.199. The number of alkyl halides is 1. The van der Waals surface area contributed by atoms with Gasteiger partial charge in [0.1, 0.15) is 10.8 Å². The number of rotatable bonds is 7. The zero-order valence-electron chi connectivity index (χ0n) is 19.2. The number of thiophene rings is 1. The van der Waals surface area contributed by atoms with Gasteiger partial charge >= 0.3 is 0 Å². The molecule has 4 rings (SSSR count). The van der Waals surface area contributed by atoms with E-state index in [2.05, 4.69) is 118 Å². The van der Waals surface area contributed by atoms with E-state index < -0.39 is 8.32 Å². The van der Waals surface area contributed by atoms with Crippen molar-refractivity contribution in [2.75, 3.05) is 0 Å². The second kappa shape index (κ2) is 9.84. The summed E-state index contributed by atoms with van der Waals surface area (Å²) in [5.74, 6) is 2.00. The highest BCUT2D eigenvalue weighted by Crippen LogP contribution is 2.38. The maximum Gasteiger partial charge on any atom is 0.261 e. The van der Waals surface area contributed by atoms with Crippen LogP contribution in [0.3, 0.4) is 0 Å². The van der Waals surface area contributed by atoms with Crippen LogP contribution < -0.4 is 10.4 Å². The third-order valence-corrected chi connectivity index (χ3v) is 13.1. The van der Waals surface area contributed by atoms with Crippen LogP contribution in [0.4, 0.5) is 0 Å². The third-order valence-electron chi connectivity index (χ3n) is 5.88. The van der Waals surface area contributed by atoms with Gasteiger partial charge in [-0.15, -0.1) is 33.1 Å². The molecule has 0 aliphatic rings. The second-order valence-corrected chi connectivity index (χ2v) is 15.2. The van der Waals surface area contributed by atoms with Crippen LogP contribution in [0.25, 0.3) is 5.00 Å². The van der Waals surface area contributed by atoms with Crippen molar-refractivity contribution in [2.45, 2.75) is 45.2 Å². The molecule has 0 bridgehead atoms. The first-order valence-electron chi connectivity index (χ1n) is 10.8. The van der Waals surface area contributed by atoms with Gasteiger partial charge in [0.2, 0.25) is 0 Å². The highest BCUT2D eigenvalue weighted by Gasteiger charge is 2.50. The molecule has 0 unspecified atom stereocenters. The van der Waals surface area contributed by atoms with E-state index in [1.165, 1.54) is 10.4 Å². The Labute approximate surface area is 213 Å². The number of nitrogens with zero attached hydrogens (tertiary/aromatic N) is 3. The van der Waals surface area contributed by atoms with Crippen molar-refractivity contribution in [1.29, 1.82) is 0 Å². The van der Waals surface area contributed by atoms with Gasteiger partial charge in [0.05, 0.1) is 12.5 Å². The SMILES string of the molecule is Cc1nnc(CO[Si](c2ccccc2)(c2ccccc2)C(C)(C)C)n1-c1scc(Br)c1CCl. The first-order chi connectivity index (χ1) is 15.8. The Balaban J connectivity index is 1.82. The summed E-state index contributed by atoms with van der Waals surface area (Å²) in [6, 6.07) is 21.3. The van der Waals surface area contributed by atoms with Gasteiger partial charge in [0.15, 0.2) is 5.82 Å². The smallest absolute Gasteiger partial charge is 0.261 e. The molecule has 2 heterocycles. The molecule has 0 aliphatic heterocycles. The summed E-state index contributed by atoms with van der Waals surface area (Å²) in [6.07, 6.45) is 0. The molecule has 4 aromatic rings. The third kappa shape index (κ3) is 4.49. The van der Waals surface area contributed by atoms with E-state index in [1.54, 1.807) is 11.3 Å². The molecule has 4 nitrogen and oxygen atoms in total. The molecule has 2 aromatic carbocycles. The van der Waals surface area contributed by atoms with Crippen molar-refractivity contribution in [3.8, 4) is 5.00 Å². The molecule has 0 amide bonds. The van der Waals surface area contributed by atoms with Gasteiger partial charge in [-0.25, -0.2) is 0 Å². The lowest BCUT2D eigenvalue weighted by molar-refractivity contribution is 0.274. The minimum Gasteiger partial charge on any atom is -0.400 e. The summed E-state index contributed by atoms with van der Waals surface area (Å²) in [6.45, 7) is 9.14. The van der Waals surface area contributed by atoms with Gasteiger partial charge in [-0.3, -0.25) is 4.57 Å². The Bertz CT molecular complexity index is 1180. The lowest BCUT2D eigenvalue weighted by atomic mass is 10.2. The van der Waals surface area contributed by atoms with E-state index in [1.807, 2.05) is 6.92 Å². The van der Waals surface area contributed by atoms with Gasteiger partial charge < -0.3 is 4.43 Å². The summed E-state index contributed by atoms with van der Waals surface area (Å²) in [7, 11) is -2.68. The van der Waals surface area contributed by atoms with Gasteiger partial charge in [-0.1, -0.05) is 81.4 Å². The zero-order chi connectivity index (χ0) is 23.6. The number of aromatic nitrogens is 3. The average Bonchev–Trinajstić information content (AvgIpc) is 3.35. The fourth-order valence-corrected chi connectivity index (χ4v) is 11.1. The number of hydrogen-bond acceptors (Lipinski definition) is 4. The predicted molar refractivity (Wildman–Crippen MR) is 144 cm³/mol. The van der Waals surface area contributed by atoms with Crippen LogP contribution in [0, 0.1) is 6.92 Å². The first kappa shape index (κ1) is 24.4. The number of halogens is 2. The fourth-order valence-electron chi connectivity index (χ4n) is 4.36. The van der Waals surface area contributed by atoms with Gasteiger partial charge in [-0.2, -0.15) is 0 Å². The van der Waals surface area contributed by atoms with Crippen molar-refractivity contribution in [3.63, 3.8) is 0 Å². The minimum absolute atomic E-state index is 0.108. The van der Waals surface area contributed by atoms with E-state index in [0.29, 0.717) is 12.5 Å². The normalized spacial score (nSPS) is 12.3. The Hall–Kier alpha value is -1.77. The van der Waals surface area contributed by atoms with E-state index >= 15 is 0 Å². The van der Waals surface area contributed by atoms with Crippen molar-refractivity contribution < 1.29 is 4.43 Å². The molecule has 8 heteroatoms. The van der Waals surface area contributed by atoms with Gasteiger partial charge in [0.25, 0.3) is 8.32 Å². The Kier molecular flexibility index (Phi) is 7.26. The first-order valence-corrected chi connectivity index (χ1v) is 14.9. The number of hydrogen-bond donors (Lipinski definition) is 0. The van der Waals surface area contributed by atoms with E-state index in [-0.39, 0.29) is 5.04 Å². The van der Waals surface area contributed by atoms with Gasteiger partial charge in [0, 0.05) is 15.4 Å². The second-order valence-electron chi connectivity index (χ2n) is 8.95. The summed E-state index contributed by atoms with van der Waals surface area (Å²) < 4.78 is 10.2. The van der Waals surface area contributed by atoms with Crippen LogP contribution in [-0.4, -0.2) is 23.1 Å². The minimum atomic E-state index is -2.68. The predicted octanol–water partition coefficient (Wildman–Crippen LogP) is 6.22. The van der Waals surface area contributed by atoms with Crippen molar-refractivity contribution in [3.05, 3.63) is 87.7 Å². The van der Waals surface area contributed by atoms with E-state index in [9.17, 15) is 0 Å². The summed E-state index contributed by atoms with van der Waals surface area (Å²) in [4.78, 5) is 0. The van der Waals surface area contributed by atoms with Crippen molar-refractivity contribution >= 4 is 57.6 Å². The summed E-state index contributed by atoms with van der Waals surface area (Å²) >= 11 is 11.5. The topological polar surface area (TPSA) is 39.9 Å². The Morgan fingerprint density at radius 2 is 1.58 bits per heavy atom. The molecule has 172 valence electrons. The molecule has 0 saturated heterocycles. The number of aryl methyl sites for hydroxylation is 1. The van der Waals surface area contributed by atoms with Crippen LogP contribution in [0.15, 0.2) is 70.5 Å². The summed E-state index contributed by atoms with van der Waals surface area (Å²) in [5.41, 5.74) is 1.04. The average molecular weight is 561 g/mol. The van der Waals surface area contributed by atoms with E-state index in [0.717, 1.165) is 26.7 Å². The molecule has 2 aromatic heterocycles. The standard InChI is InChI=1S/C25H27BrClN3OSSi/c1-18-28-29-23(30(18)24-21(15-27)22(26)17-32-24)16-31-33(25(2,3)4,19-11-7-5-8-12-19)20-13-9-6-10-14-20/h5-14,17H,15-16H2,1-4H3. The molecular weight excluding hydrogens is 534 g/mol. The lowest BCUT2D eigenvalue weighted by Crippen LogP contribution is -2.66. The fraction of sp³-hybridized carbons (Fsp3) is 0.280. The van der Waals surface area contributed by atoms with E-state index in [4.69, 9.17) is 16.0 Å². The summed E-state index contributed by atoms with van der Waals surface area (Å²) in [5, 5.41) is 14.3. The Morgan fingerprint density at radius 3 is 2.09 bits per heavy atom. The molecule has 0 radical (unpaired) electrons. The molecule has 0 fully saturated rings. The Morgan fingerprint density at radius 1 is 1.00 bits per heavy atom. The monoisotopic (exact) mass is 559 g/mol. The van der Waals surface area contributed by atoms with Crippen LogP contribution in [0.2, 0.25) is 5.04 Å². The maximum absolute atomic E-state index is 7.08. The molecule has 33 heavy (non-hydrogen) atoms. The van der Waals surface area contributed by atoms with Crippen molar-refractivity contribution in [2.24, 2.45) is 0 Å². The van der Waals surface area contributed by atoms with Crippen LogP contribution >= 0.6 is 38.9 Å². The highest BCUT2D eigenvalue weighted by molar-refractivity contribution is 9.10. The van der Waals surface area contributed by atoms with Crippen molar-refractivity contribution in [1.82, 2.24) is 14.8 Å². The van der Waals surface area contributed by atoms with Gasteiger partial charge in [-0.05, 0) is 38.3 Å².